The second-order valence-corrected chi connectivity index (χ2v) is 10.0. The van der Waals surface area contributed by atoms with Gasteiger partial charge in [-0.05, 0) is 51.3 Å². The number of nitrogens with zero attached hydrogens (tertiary/aromatic N) is 2. The minimum Gasteiger partial charge on any atom is -0.351 e. The molecule has 1 aliphatic carbocycles. The van der Waals surface area contributed by atoms with Gasteiger partial charge in [-0.3, -0.25) is 14.5 Å². The number of thiazole rings is 1. The van der Waals surface area contributed by atoms with E-state index in [1.54, 1.807) is 4.90 Å². The molecule has 1 unspecified atom stereocenters. The van der Waals surface area contributed by atoms with Gasteiger partial charge in [-0.1, -0.05) is 67.3 Å². The summed E-state index contributed by atoms with van der Waals surface area (Å²) >= 11 is 1.37. The van der Waals surface area contributed by atoms with E-state index < -0.39 is 6.04 Å². The zero-order valence-electron chi connectivity index (χ0n) is 19.5. The van der Waals surface area contributed by atoms with E-state index in [1.165, 1.54) is 17.8 Å². The van der Waals surface area contributed by atoms with Gasteiger partial charge in [0, 0.05) is 11.7 Å². The molecule has 1 heterocycles. The Bertz CT molecular complexity index is 1100. The van der Waals surface area contributed by atoms with Crippen LogP contribution < -0.4 is 10.2 Å². The molecule has 4 rings (SSSR count). The van der Waals surface area contributed by atoms with Crippen LogP contribution in [0.4, 0.5) is 5.69 Å². The molecule has 1 fully saturated rings. The van der Waals surface area contributed by atoms with Gasteiger partial charge in [0.15, 0.2) is 0 Å². The van der Waals surface area contributed by atoms with Gasteiger partial charge in [-0.25, -0.2) is 4.98 Å². The van der Waals surface area contributed by atoms with Crippen molar-refractivity contribution in [3.63, 3.8) is 0 Å². The van der Waals surface area contributed by atoms with Gasteiger partial charge in [0.2, 0.25) is 5.91 Å². The van der Waals surface area contributed by atoms with Crippen molar-refractivity contribution in [1.82, 2.24) is 10.3 Å². The zero-order chi connectivity index (χ0) is 23.4. The quantitative estimate of drug-likeness (QED) is 0.497. The fraction of sp³-hybridized carbons (Fsp3) is 0.370. The molecule has 2 amide bonds. The molecule has 1 aromatic heterocycles. The van der Waals surface area contributed by atoms with Crippen LogP contribution in [0.5, 0.6) is 0 Å². The van der Waals surface area contributed by atoms with Crippen molar-refractivity contribution in [3.05, 3.63) is 81.3 Å². The summed E-state index contributed by atoms with van der Waals surface area (Å²) in [6, 6.07) is 16.8. The summed E-state index contributed by atoms with van der Waals surface area (Å²) in [4.78, 5) is 34.5. The van der Waals surface area contributed by atoms with E-state index in [-0.39, 0.29) is 17.9 Å². The third kappa shape index (κ3) is 5.33. The van der Waals surface area contributed by atoms with Crippen LogP contribution in [0.1, 0.15) is 69.6 Å². The number of rotatable bonds is 6. The van der Waals surface area contributed by atoms with Crippen LogP contribution in [0, 0.1) is 20.8 Å². The Balaban J connectivity index is 1.79. The van der Waals surface area contributed by atoms with Gasteiger partial charge in [-0.2, -0.15) is 0 Å². The van der Waals surface area contributed by atoms with Gasteiger partial charge in [0.05, 0.1) is 10.7 Å². The summed E-state index contributed by atoms with van der Waals surface area (Å²) in [5.41, 5.74) is 3.28. The van der Waals surface area contributed by atoms with Gasteiger partial charge < -0.3 is 5.32 Å². The normalized spacial score (nSPS) is 15.1. The van der Waals surface area contributed by atoms with Crippen molar-refractivity contribution >= 4 is 28.8 Å². The Labute approximate surface area is 199 Å². The van der Waals surface area contributed by atoms with Crippen LogP contribution in [0.25, 0.3) is 0 Å². The number of hydrogen-bond acceptors (Lipinski definition) is 4. The van der Waals surface area contributed by atoms with E-state index in [1.807, 2.05) is 75.4 Å². The second kappa shape index (κ2) is 10.3. The molecule has 1 atom stereocenters. The van der Waals surface area contributed by atoms with E-state index >= 15 is 0 Å². The number of carbonyl (C=O) groups excluding carboxylic acids is 2. The highest BCUT2D eigenvalue weighted by Crippen LogP contribution is 2.32. The lowest BCUT2D eigenvalue weighted by Crippen LogP contribution is -2.47. The largest absolute Gasteiger partial charge is 0.351 e. The number of anilines is 1. The second-order valence-electron chi connectivity index (χ2n) is 8.81. The number of hydrogen-bond donors (Lipinski definition) is 1. The van der Waals surface area contributed by atoms with Gasteiger partial charge in [0.25, 0.3) is 5.91 Å². The summed E-state index contributed by atoms with van der Waals surface area (Å²) in [5.74, 6) is -0.337. The topological polar surface area (TPSA) is 62.3 Å². The molecular weight excluding hydrogens is 430 g/mol. The molecule has 0 aliphatic heterocycles. The van der Waals surface area contributed by atoms with Crippen LogP contribution in [-0.2, 0) is 4.79 Å². The lowest BCUT2D eigenvalue weighted by molar-refractivity contribution is -0.123. The molecule has 0 radical (unpaired) electrons. The van der Waals surface area contributed by atoms with Gasteiger partial charge >= 0.3 is 0 Å². The first-order valence-corrected chi connectivity index (χ1v) is 12.5. The summed E-state index contributed by atoms with van der Waals surface area (Å²) in [7, 11) is 0. The molecule has 5 nitrogen and oxygen atoms in total. The molecule has 1 aliphatic rings. The predicted octanol–water partition coefficient (Wildman–Crippen LogP) is 5.91. The summed E-state index contributed by atoms with van der Waals surface area (Å²) in [6.07, 6.45) is 5.44. The van der Waals surface area contributed by atoms with E-state index in [2.05, 4.69) is 10.3 Å². The number of aromatic nitrogens is 1. The van der Waals surface area contributed by atoms with Crippen LogP contribution in [0.15, 0.2) is 54.6 Å². The molecule has 0 bridgehead atoms. The van der Waals surface area contributed by atoms with E-state index in [0.717, 1.165) is 41.8 Å². The van der Waals surface area contributed by atoms with E-state index in [9.17, 15) is 9.59 Å². The fourth-order valence-electron chi connectivity index (χ4n) is 4.51. The van der Waals surface area contributed by atoms with Gasteiger partial charge in [-0.15, -0.1) is 11.3 Å². The maximum atomic E-state index is 14.0. The van der Waals surface area contributed by atoms with Crippen molar-refractivity contribution in [2.45, 2.75) is 65.0 Å². The highest BCUT2D eigenvalue weighted by atomic mass is 32.1. The Kier molecular flexibility index (Phi) is 7.23. The number of nitrogens with one attached hydrogen (secondary N) is 1. The summed E-state index contributed by atoms with van der Waals surface area (Å²) in [5, 5.41) is 4.10. The van der Waals surface area contributed by atoms with Crippen molar-refractivity contribution in [2.75, 3.05) is 4.90 Å². The molecule has 3 aromatic rings. The van der Waals surface area contributed by atoms with Crippen LogP contribution in [0.2, 0.25) is 0 Å². The molecule has 172 valence electrons. The summed E-state index contributed by atoms with van der Waals surface area (Å²) < 4.78 is 0. The van der Waals surface area contributed by atoms with Crippen LogP contribution >= 0.6 is 11.3 Å². The third-order valence-electron chi connectivity index (χ3n) is 6.20. The number of carbonyl (C=O) groups is 2. The highest BCUT2D eigenvalue weighted by Gasteiger charge is 2.35. The Morgan fingerprint density at radius 1 is 0.970 bits per heavy atom. The molecule has 0 spiro atoms. The molecule has 0 saturated heterocycles. The Morgan fingerprint density at radius 2 is 1.64 bits per heavy atom. The van der Waals surface area contributed by atoms with Crippen LogP contribution in [0.3, 0.4) is 0 Å². The molecule has 33 heavy (non-hydrogen) atoms. The SMILES string of the molecule is Cc1ccc(N(C(=O)c2sc(C)nc2C)C(C(=O)NC2CCCCC2)c2ccccc2)cc1. The molecule has 1 N–H and O–H groups in total. The van der Waals surface area contributed by atoms with E-state index in [4.69, 9.17) is 0 Å². The lowest BCUT2D eigenvalue weighted by Gasteiger charge is -2.33. The summed E-state index contributed by atoms with van der Waals surface area (Å²) in [6.45, 7) is 5.76. The third-order valence-corrected chi connectivity index (χ3v) is 7.26. The predicted molar refractivity (Wildman–Crippen MR) is 134 cm³/mol. The molecule has 6 heteroatoms. The molecule has 2 aromatic carbocycles. The minimum atomic E-state index is -0.773. The maximum Gasteiger partial charge on any atom is 0.271 e. The number of benzene rings is 2. The Morgan fingerprint density at radius 3 is 2.24 bits per heavy atom. The maximum absolute atomic E-state index is 14.0. The first-order chi connectivity index (χ1) is 15.9. The standard InChI is InChI=1S/C27H31N3O2S/c1-18-14-16-23(17-15-18)30(27(32)25-19(2)28-20(3)33-25)24(21-10-6-4-7-11-21)26(31)29-22-12-8-5-9-13-22/h4,6-7,10-11,14-17,22,24H,5,8-9,12-13H2,1-3H3,(H,29,31). The lowest BCUT2D eigenvalue weighted by atomic mass is 9.94. The first-order valence-electron chi connectivity index (χ1n) is 11.6. The average molecular weight is 462 g/mol. The van der Waals surface area contributed by atoms with Crippen molar-refractivity contribution in [3.8, 4) is 0 Å². The highest BCUT2D eigenvalue weighted by molar-refractivity contribution is 7.13. The number of aryl methyl sites for hydroxylation is 3. The fourth-order valence-corrected chi connectivity index (χ4v) is 5.37. The van der Waals surface area contributed by atoms with Crippen molar-refractivity contribution < 1.29 is 9.59 Å². The van der Waals surface area contributed by atoms with Crippen molar-refractivity contribution in [2.24, 2.45) is 0 Å². The average Bonchev–Trinajstić information content (AvgIpc) is 3.16. The molecular formula is C27H31N3O2S. The van der Waals surface area contributed by atoms with Gasteiger partial charge in [0.1, 0.15) is 10.9 Å². The minimum absolute atomic E-state index is 0.138. The van der Waals surface area contributed by atoms with Crippen molar-refractivity contribution in [1.29, 1.82) is 0 Å². The van der Waals surface area contributed by atoms with E-state index in [0.29, 0.717) is 16.3 Å². The monoisotopic (exact) mass is 461 g/mol. The smallest absolute Gasteiger partial charge is 0.271 e. The van der Waals surface area contributed by atoms with Crippen LogP contribution in [-0.4, -0.2) is 22.8 Å². The molecule has 1 saturated carbocycles. The Hall–Kier alpha value is -2.99. The first kappa shape index (κ1) is 23.2. The zero-order valence-corrected chi connectivity index (χ0v) is 20.3. The number of amides is 2.